The lowest BCUT2D eigenvalue weighted by atomic mass is 10.0. The summed E-state index contributed by atoms with van der Waals surface area (Å²) in [5.41, 5.74) is 0. The van der Waals surface area contributed by atoms with Gasteiger partial charge in [0.25, 0.3) is 0 Å². The highest BCUT2D eigenvalue weighted by atomic mass is 35.5. The minimum Gasteiger partial charge on any atom is -0.390 e. The number of unbranched alkanes of at least 4 members (excludes halogenated alkanes) is 11. The van der Waals surface area contributed by atoms with E-state index in [0.717, 1.165) is 12.8 Å². The Morgan fingerprint density at radius 2 is 0.952 bits per heavy atom. The van der Waals surface area contributed by atoms with Crippen LogP contribution in [0.25, 0.3) is 0 Å². The summed E-state index contributed by atoms with van der Waals surface area (Å²) in [6, 6.07) is 0. The Kier molecular flexibility index (Phi) is 20.4. The molecule has 130 valence electrons. The Balaban J connectivity index is 0. The fourth-order valence-corrected chi connectivity index (χ4v) is 2.66. The quantitative estimate of drug-likeness (QED) is 0.383. The molecule has 2 unspecified atom stereocenters. The highest BCUT2D eigenvalue weighted by Gasteiger charge is 2.12. The highest BCUT2D eigenvalue weighted by molar-refractivity contribution is 5.85. The van der Waals surface area contributed by atoms with Gasteiger partial charge in [0.2, 0.25) is 0 Å². The van der Waals surface area contributed by atoms with Crippen LogP contribution in [0.2, 0.25) is 0 Å². The molecule has 0 spiro atoms. The Labute approximate surface area is 139 Å². The van der Waals surface area contributed by atoms with Crippen LogP contribution in [0.5, 0.6) is 0 Å². The van der Waals surface area contributed by atoms with Crippen molar-refractivity contribution in [2.75, 3.05) is 0 Å². The van der Waals surface area contributed by atoms with Gasteiger partial charge in [0.05, 0.1) is 12.2 Å². The van der Waals surface area contributed by atoms with Crippen LogP contribution in [0.15, 0.2) is 0 Å². The van der Waals surface area contributed by atoms with E-state index in [1.165, 1.54) is 70.6 Å². The molecule has 2 N–H and O–H groups in total. The first-order chi connectivity index (χ1) is 9.72. The first-order valence-electron chi connectivity index (χ1n) is 9.08. The summed E-state index contributed by atoms with van der Waals surface area (Å²) in [4.78, 5) is 0. The van der Waals surface area contributed by atoms with Crippen molar-refractivity contribution in [1.82, 2.24) is 0 Å². The number of halogens is 1. The molecule has 2 atom stereocenters. The molecule has 0 amide bonds. The summed E-state index contributed by atoms with van der Waals surface area (Å²) in [5.74, 6) is 0. The van der Waals surface area contributed by atoms with Gasteiger partial charge in [-0.15, -0.1) is 12.4 Å². The highest BCUT2D eigenvalue weighted by Crippen LogP contribution is 2.14. The molecule has 0 rings (SSSR count). The molecule has 0 saturated heterocycles. The molecule has 0 aromatic rings. The number of rotatable bonds is 15. The molecule has 0 bridgehead atoms. The zero-order valence-electron chi connectivity index (χ0n) is 14.4. The van der Waals surface area contributed by atoms with E-state index in [-0.39, 0.29) is 12.4 Å². The van der Waals surface area contributed by atoms with Gasteiger partial charge in [-0.25, -0.2) is 0 Å². The lowest BCUT2D eigenvalue weighted by molar-refractivity contribution is 0.0114. The van der Waals surface area contributed by atoms with Crippen molar-refractivity contribution in [1.29, 1.82) is 0 Å². The minimum atomic E-state index is -0.525. The smallest absolute Gasteiger partial charge is 0.0799 e. The monoisotopic (exact) mass is 322 g/mol. The molecule has 0 aliphatic heterocycles. The van der Waals surface area contributed by atoms with Crippen molar-refractivity contribution in [3.63, 3.8) is 0 Å². The maximum absolute atomic E-state index is 9.63. The number of aliphatic hydroxyl groups is 2. The maximum Gasteiger partial charge on any atom is 0.0799 e. The van der Waals surface area contributed by atoms with Crippen LogP contribution in [-0.4, -0.2) is 22.4 Å². The molecule has 0 heterocycles. The van der Waals surface area contributed by atoms with Gasteiger partial charge in [0, 0.05) is 0 Å². The molecule has 0 aliphatic rings. The van der Waals surface area contributed by atoms with E-state index in [4.69, 9.17) is 0 Å². The van der Waals surface area contributed by atoms with Crippen LogP contribution in [0.3, 0.4) is 0 Å². The zero-order chi connectivity index (χ0) is 15.1. The third-order valence-corrected chi connectivity index (χ3v) is 4.22. The third kappa shape index (κ3) is 16.4. The molecule has 21 heavy (non-hydrogen) atoms. The Morgan fingerprint density at radius 3 is 1.33 bits per heavy atom. The summed E-state index contributed by atoms with van der Waals surface area (Å²) < 4.78 is 0. The standard InChI is InChI=1S/C18H38O2.ClH/c1-3-5-6-7-8-9-10-11-12-13-14-15-16-18(20)17(19)4-2;/h17-20H,3-16H2,1-2H3;1H. The lowest BCUT2D eigenvalue weighted by Gasteiger charge is -2.15. The van der Waals surface area contributed by atoms with Crippen LogP contribution < -0.4 is 0 Å². The van der Waals surface area contributed by atoms with Crippen molar-refractivity contribution < 1.29 is 10.2 Å². The normalized spacial score (nSPS) is 13.7. The number of hydrogen-bond donors (Lipinski definition) is 2. The van der Waals surface area contributed by atoms with Crippen molar-refractivity contribution >= 4 is 12.4 Å². The summed E-state index contributed by atoms with van der Waals surface area (Å²) in [6.45, 7) is 4.18. The molecule has 3 heteroatoms. The van der Waals surface area contributed by atoms with Gasteiger partial charge in [-0.3, -0.25) is 0 Å². The molecule has 0 radical (unpaired) electrons. The molecule has 2 nitrogen and oxygen atoms in total. The van der Waals surface area contributed by atoms with Crippen molar-refractivity contribution in [3.05, 3.63) is 0 Å². The van der Waals surface area contributed by atoms with Crippen LogP contribution in [0.1, 0.15) is 104 Å². The van der Waals surface area contributed by atoms with Crippen molar-refractivity contribution in [3.8, 4) is 0 Å². The van der Waals surface area contributed by atoms with E-state index >= 15 is 0 Å². The van der Waals surface area contributed by atoms with E-state index in [2.05, 4.69) is 6.92 Å². The lowest BCUT2D eigenvalue weighted by Crippen LogP contribution is -2.24. The largest absolute Gasteiger partial charge is 0.390 e. The fourth-order valence-electron chi connectivity index (χ4n) is 2.66. The molecular formula is C18H39ClO2. The van der Waals surface area contributed by atoms with Gasteiger partial charge >= 0.3 is 0 Å². The molecule has 0 aromatic heterocycles. The average molecular weight is 323 g/mol. The van der Waals surface area contributed by atoms with Crippen LogP contribution in [-0.2, 0) is 0 Å². The van der Waals surface area contributed by atoms with E-state index in [9.17, 15) is 10.2 Å². The van der Waals surface area contributed by atoms with Gasteiger partial charge in [0.15, 0.2) is 0 Å². The second-order valence-corrected chi connectivity index (χ2v) is 6.22. The van der Waals surface area contributed by atoms with E-state index in [1.807, 2.05) is 6.92 Å². The Bertz CT molecular complexity index is 188. The predicted octanol–water partition coefficient (Wildman–Crippen LogP) is 5.63. The summed E-state index contributed by atoms with van der Waals surface area (Å²) in [7, 11) is 0. The second kappa shape index (κ2) is 18.3. The van der Waals surface area contributed by atoms with Gasteiger partial charge in [0.1, 0.15) is 0 Å². The fraction of sp³-hybridized carbons (Fsp3) is 1.00. The zero-order valence-corrected chi connectivity index (χ0v) is 15.2. The molecule has 0 aliphatic carbocycles. The van der Waals surface area contributed by atoms with Gasteiger partial charge in [-0.05, 0) is 12.8 Å². The topological polar surface area (TPSA) is 40.5 Å². The molecule has 0 fully saturated rings. The van der Waals surface area contributed by atoms with Crippen molar-refractivity contribution in [2.45, 2.75) is 116 Å². The van der Waals surface area contributed by atoms with Crippen molar-refractivity contribution in [2.24, 2.45) is 0 Å². The van der Waals surface area contributed by atoms with Crippen LogP contribution >= 0.6 is 12.4 Å². The first-order valence-corrected chi connectivity index (χ1v) is 9.08. The van der Waals surface area contributed by atoms with Gasteiger partial charge in [-0.1, -0.05) is 90.9 Å². The molecule has 0 aromatic carbocycles. The number of aliphatic hydroxyl groups excluding tert-OH is 2. The Morgan fingerprint density at radius 1 is 0.571 bits per heavy atom. The summed E-state index contributed by atoms with van der Waals surface area (Å²) in [6.07, 6.45) is 16.4. The minimum absolute atomic E-state index is 0. The SMILES string of the molecule is CCCCCCCCCCCCCCC(O)C(O)CC.Cl. The molecule has 0 saturated carbocycles. The van der Waals surface area contributed by atoms with Crippen LogP contribution in [0, 0.1) is 0 Å². The van der Waals surface area contributed by atoms with Gasteiger partial charge in [-0.2, -0.15) is 0 Å². The predicted molar refractivity (Wildman–Crippen MR) is 95.2 cm³/mol. The second-order valence-electron chi connectivity index (χ2n) is 6.22. The van der Waals surface area contributed by atoms with Crippen LogP contribution in [0.4, 0.5) is 0 Å². The molecular weight excluding hydrogens is 284 g/mol. The maximum atomic E-state index is 9.63. The third-order valence-electron chi connectivity index (χ3n) is 4.22. The Hall–Kier alpha value is 0.210. The summed E-state index contributed by atoms with van der Waals surface area (Å²) >= 11 is 0. The van der Waals surface area contributed by atoms with Gasteiger partial charge < -0.3 is 10.2 Å². The average Bonchev–Trinajstić information content (AvgIpc) is 2.47. The summed E-state index contributed by atoms with van der Waals surface area (Å²) in [5, 5.41) is 19.1. The van der Waals surface area contributed by atoms with E-state index in [1.54, 1.807) is 0 Å². The first kappa shape index (κ1) is 23.5. The van der Waals surface area contributed by atoms with E-state index in [0.29, 0.717) is 6.42 Å². The number of hydrogen-bond acceptors (Lipinski definition) is 2. The van der Waals surface area contributed by atoms with E-state index < -0.39 is 12.2 Å².